The molecule has 26 heavy (non-hydrogen) atoms. The summed E-state index contributed by atoms with van der Waals surface area (Å²) in [4.78, 5) is 29.5. The molecule has 138 valence electrons. The average Bonchev–Trinajstić information content (AvgIpc) is 3.08. The zero-order chi connectivity index (χ0) is 18.5. The maximum Gasteiger partial charge on any atom is 0.261 e. The molecule has 1 aliphatic heterocycles. The summed E-state index contributed by atoms with van der Waals surface area (Å²) in [5.41, 5.74) is 1.18. The minimum atomic E-state index is -0.438. The van der Waals surface area contributed by atoms with Crippen LogP contribution in [0.4, 0.5) is 0 Å². The smallest absolute Gasteiger partial charge is 0.261 e. The summed E-state index contributed by atoms with van der Waals surface area (Å²) in [6.45, 7) is 1.83. The highest BCUT2D eigenvalue weighted by molar-refractivity contribution is 6.31. The molecule has 3 rings (SSSR count). The Bertz CT molecular complexity index is 837. The third kappa shape index (κ3) is 4.33. The molecular formula is C19H22ClN3O3. The highest BCUT2D eigenvalue weighted by Crippen LogP contribution is 2.18. The van der Waals surface area contributed by atoms with Crippen LogP contribution in [0.2, 0.25) is 5.02 Å². The summed E-state index contributed by atoms with van der Waals surface area (Å²) >= 11 is 6.07. The summed E-state index contributed by atoms with van der Waals surface area (Å²) < 4.78 is 0. The maximum atomic E-state index is 12.3. The Morgan fingerprint density at radius 2 is 2.12 bits per heavy atom. The van der Waals surface area contributed by atoms with Gasteiger partial charge in [0.25, 0.3) is 11.5 Å². The number of rotatable bonds is 6. The fourth-order valence-corrected chi connectivity index (χ4v) is 3.43. The predicted molar refractivity (Wildman–Crippen MR) is 100 cm³/mol. The van der Waals surface area contributed by atoms with E-state index in [1.54, 1.807) is 18.2 Å². The van der Waals surface area contributed by atoms with E-state index in [1.807, 2.05) is 18.2 Å². The lowest BCUT2D eigenvalue weighted by atomic mass is 10.2. The van der Waals surface area contributed by atoms with E-state index < -0.39 is 11.5 Å². The van der Waals surface area contributed by atoms with Crippen LogP contribution >= 0.6 is 11.6 Å². The molecule has 1 amide bonds. The predicted octanol–water partition coefficient (Wildman–Crippen LogP) is 1.91. The van der Waals surface area contributed by atoms with Crippen LogP contribution in [0.1, 0.15) is 34.5 Å². The van der Waals surface area contributed by atoms with Crippen LogP contribution in [0.5, 0.6) is 0 Å². The lowest BCUT2D eigenvalue weighted by molar-refractivity contribution is 0.0949. The van der Waals surface area contributed by atoms with Gasteiger partial charge in [0, 0.05) is 29.8 Å². The molecule has 1 aromatic carbocycles. The minimum absolute atomic E-state index is 0.0703. The van der Waals surface area contributed by atoms with E-state index >= 15 is 0 Å². The highest BCUT2D eigenvalue weighted by Gasteiger charge is 2.24. The number of amides is 1. The molecule has 0 spiro atoms. The van der Waals surface area contributed by atoms with Crippen molar-refractivity contribution in [3.8, 4) is 0 Å². The first-order valence-corrected chi connectivity index (χ1v) is 9.05. The number of pyridine rings is 1. The van der Waals surface area contributed by atoms with Crippen LogP contribution in [-0.4, -0.2) is 40.1 Å². The van der Waals surface area contributed by atoms with E-state index in [-0.39, 0.29) is 24.8 Å². The topological polar surface area (TPSA) is 85.4 Å². The van der Waals surface area contributed by atoms with Crippen LogP contribution in [-0.2, 0) is 13.1 Å². The molecule has 0 bridgehead atoms. The van der Waals surface area contributed by atoms with Crippen molar-refractivity contribution >= 4 is 17.5 Å². The van der Waals surface area contributed by atoms with Crippen molar-refractivity contribution in [3.05, 3.63) is 68.6 Å². The molecule has 0 unspecified atom stereocenters. The molecular weight excluding hydrogens is 354 g/mol. The van der Waals surface area contributed by atoms with Crippen LogP contribution < -0.4 is 10.9 Å². The third-order valence-corrected chi connectivity index (χ3v) is 5.06. The molecule has 1 aliphatic rings. The number of aliphatic hydroxyl groups excluding tert-OH is 1. The summed E-state index contributed by atoms with van der Waals surface area (Å²) in [5.74, 6) is -0.438. The van der Waals surface area contributed by atoms with Gasteiger partial charge in [-0.15, -0.1) is 0 Å². The quantitative estimate of drug-likeness (QED) is 0.720. The molecule has 1 saturated heterocycles. The van der Waals surface area contributed by atoms with Gasteiger partial charge in [-0.25, -0.2) is 0 Å². The standard InChI is InChI=1S/C19H22ClN3O3/c20-17-6-2-1-4-13(17)10-21-18(25)16-8-7-14(22-19(16)26)11-23-9-3-5-15(23)12-24/h1-2,4,6-8,15,24H,3,5,9-12H2,(H,21,25)(H,22,26)/t15-/m0/s1. The van der Waals surface area contributed by atoms with Crippen molar-refractivity contribution in [3.63, 3.8) is 0 Å². The second kappa shape index (κ2) is 8.49. The molecule has 2 aromatic rings. The van der Waals surface area contributed by atoms with Crippen molar-refractivity contribution < 1.29 is 9.90 Å². The number of hydrogen-bond donors (Lipinski definition) is 3. The number of halogens is 1. The number of benzene rings is 1. The fourth-order valence-electron chi connectivity index (χ4n) is 3.23. The van der Waals surface area contributed by atoms with Gasteiger partial charge < -0.3 is 15.4 Å². The Labute approximate surface area is 156 Å². The van der Waals surface area contributed by atoms with E-state index in [4.69, 9.17) is 11.6 Å². The molecule has 7 heteroatoms. The molecule has 1 fully saturated rings. The number of nitrogens with zero attached hydrogens (tertiary/aromatic N) is 1. The van der Waals surface area contributed by atoms with Gasteiger partial charge in [-0.05, 0) is 43.1 Å². The molecule has 0 radical (unpaired) electrons. The van der Waals surface area contributed by atoms with Gasteiger partial charge in [-0.3, -0.25) is 14.5 Å². The Balaban J connectivity index is 1.64. The van der Waals surface area contributed by atoms with E-state index in [2.05, 4.69) is 15.2 Å². The largest absolute Gasteiger partial charge is 0.395 e. The second-order valence-corrected chi connectivity index (χ2v) is 6.86. The molecule has 6 nitrogen and oxygen atoms in total. The van der Waals surface area contributed by atoms with Crippen molar-refractivity contribution in [1.29, 1.82) is 0 Å². The molecule has 0 aliphatic carbocycles. The zero-order valence-corrected chi connectivity index (χ0v) is 15.1. The van der Waals surface area contributed by atoms with E-state index in [1.165, 1.54) is 0 Å². The number of aliphatic hydroxyl groups is 1. The first-order chi connectivity index (χ1) is 12.6. The van der Waals surface area contributed by atoms with E-state index in [0.717, 1.165) is 30.6 Å². The Morgan fingerprint density at radius 1 is 1.31 bits per heavy atom. The van der Waals surface area contributed by atoms with Crippen molar-refractivity contribution in [2.24, 2.45) is 0 Å². The Hall–Kier alpha value is -2.15. The van der Waals surface area contributed by atoms with Crippen LogP contribution in [0.3, 0.4) is 0 Å². The van der Waals surface area contributed by atoms with Crippen molar-refractivity contribution in [2.75, 3.05) is 13.2 Å². The lowest BCUT2D eigenvalue weighted by Crippen LogP contribution is -2.33. The average molecular weight is 376 g/mol. The first kappa shape index (κ1) is 18.6. The number of aromatic amines is 1. The Kier molecular flexibility index (Phi) is 6.08. The SMILES string of the molecule is O=C(NCc1ccccc1Cl)c1ccc(CN2CCC[C@H]2CO)[nH]c1=O. The van der Waals surface area contributed by atoms with Crippen LogP contribution in [0, 0.1) is 0 Å². The number of likely N-dealkylation sites (tertiary alicyclic amines) is 1. The van der Waals surface area contributed by atoms with Gasteiger partial charge in [0.1, 0.15) is 5.56 Å². The Morgan fingerprint density at radius 3 is 2.85 bits per heavy atom. The lowest BCUT2D eigenvalue weighted by Gasteiger charge is -2.22. The van der Waals surface area contributed by atoms with Gasteiger partial charge in [0.05, 0.1) is 6.61 Å². The molecule has 0 saturated carbocycles. The third-order valence-electron chi connectivity index (χ3n) is 4.70. The molecule has 3 N–H and O–H groups in total. The number of carbonyl (C=O) groups excluding carboxylic acids is 1. The van der Waals surface area contributed by atoms with Crippen molar-refractivity contribution in [2.45, 2.75) is 32.0 Å². The second-order valence-electron chi connectivity index (χ2n) is 6.45. The summed E-state index contributed by atoms with van der Waals surface area (Å²) in [5, 5.41) is 12.7. The zero-order valence-electron chi connectivity index (χ0n) is 14.4. The van der Waals surface area contributed by atoms with Gasteiger partial charge in [-0.1, -0.05) is 29.8 Å². The number of hydrogen-bond acceptors (Lipinski definition) is 4. The van der Waals surface area contributed by atoms with Gasteiger partial charge in [0.2, 0.25) is 0 Å². The maximum absolute atomic E-state index is 12.3. The highest BCUT2D eigenvalue weighted by atomic mass is 35.5. The van der Waals surface area contributed by atoms with E-state index in [0.29, 0.717) is 11.6 Å². The van der Waals surface area contributed by atoms with Gasteiger partial charge in [-0.2, -0.15) is 0 Å². The van der Waals surface area contributed by atoms with Crippen LogP contribution in [0.25, 0.3) is 0 Å². The number of nitrogens with one attached hydrogen (secondary N) is 2. The molecule has 1 aromatic heterocycles. The summed E-state index contributed by atoms with van der Waals surface area (Å²) in [6.07, 6.45) is 2.00. The summed E-state index contributed by atoms with van der Waals surface area (Å²) in [6, 6.07) is 10.7. The van der Waals surface area contributed by atoms with Gasteiger partial charge >= 0.3 is 0 Å². The van der Waals surface area contributed by atoms with Crippen LogP contribution in [0.15, 0.2) is 41.2 Å². The fraction of sp³-hybridized carbons (Fsp3) is 0.368. The summed E-state index contributed by atoms with van der Waals surface area (Å²) in [7, 11) is 0. The monoisotopic (exact) mass is 375 g/mol. The number of H-pyrrole nitrogens is 1. The number of aromatic nitrogens is 1. The normalized spacial score (nSPS) is 17.4. The first-order valence-electron chi connectivity index (χ1n) is 8.67. The molecule has 1 atom stereocenters. The molecule has 2 heterocycles. The minimum Gasteiger partial charge on any atom is -0.395 e. The van der Waals surface area contributed by atoms with Crippen molar-refractivity contribution in [1.82, 2.24) is 15.2 Å². The number of carbonyl (C=O) groups is 1. The van der Waals surface area contributed by atoms with E-state index in [9.17, 15) is 14.7 Å². The van der Waals surface area contributed by atoms with Gasteiger partial charge in [0.15, 0.2) is 0 Å².